The maximum atomic E-state index is 5.43. The van der Waals surface area contributed by atoms with E-state index in [0.29, 0.717) is 28.9 Å². The van der Waals surface area contributed by atoms with E-state index in [0.717, 1.165) is 0 Å². The second-order valence-corrected chi connectivity index (χ2v) is 23.0. The molecule has 0 aromatic carbocycles. The Morgan fingerprint density at radius 2 is 1.16 bits per heavy atom. The second-order valence-electron chi connectivity index (χ2n) is 4.69. The van der Waals surface area contributed by atoms with E-state index >= 15 is 0 Å². The first-order chi connectivity index (χ1) is 8.51. The van der Waals surface area contributed by atoms with Crippen molar-refractivity contribution in [1.82, 2.24) is 10.6 Å². The van der Waals surface area contributed by atoms with Crippen molar-refractivity contribution in [3.8, 4) is 0 Å². The quantitative estimate of drug-likeness (QED) is 0.170. The predicted molar refractivity (Wildman–Crippen MR) is 104 cm³/mol. The summed E-state index contributed by atoms with van der Waals surface area (Å²) in [7, 11) is 0. The van der Waals surface area contributed by atoms with Crippen molar-refractivity contribution in [1.29, 1.82) is 0 Å². The number of nitrogens with one attached hydrogen (secondary N) is 2. The van der Waals surface area contributed by atoms with Gasteiger partial charge in [0.2, 0.25) is 0 Å². The monoisotopic (exact) mass is 426 g/mol. The summed E-state index contributed by atoms with van der Waals surface area (Å²) in [6.45, 7) is 1.42. The van der Waals surface area contributed by atoms with Crippen LogP contribution in [0.1, 0.15) is 0 Å². The van der Waals surface area contributed by atoms with Crippen LogP contribution in [0.3, 0.4) is 0 Å². The Hall–Kier alpha value is 0.883. The molecule has 0 aromatic rings. The Morgan fingerprint density at radius 1 is 0.895 bits per heavy atom. The molecule has 108 valence electrons. The molecule has 11 heteroatoms. The van der Waals surface area contributed by atoms with Crippen molar-refractivity contribution >= 4 is 89.9 Å². The van der Waals surface area contributed by atoms with Crippen LogP contribution in [0.4, 0.5) is 0 Å². The van der Waals surface area contributed by atoms with E-state index in [-0.39, 0.29) is 0 Å². The van der Waals surface area contributed by atoms with E-state index in [1.165, 1.54) is 0 Å². The van der Waals surface area contributed by atoms with Gasteiger partial charge in [0.05, 0.1) is 0 Å². The normalized spacial score (nSPS) is 8.84. The van der Waals surface area contributed by atoms with Gasteiger partial charge in [0.25, 0.3) is 0 Å². The molecule has 6 N–H and O–H groups in total. The molecule has 0 atom stereocenters. The van der Waals surface area contributed by atoms with Gasteiger partial charge in [-0.2, -0.15) is 0 Å². The van der Waals surface area contributed by atoms with Crippen LogP contribution in [0.15, 0.2) is 0 Å². The number of hydrogen-bond acceptors (Lipinski definition) is 4. The maximum absolute atomic E-state index is 5.43. The van der Waals surface area contributed by atoms with Crippen LogP contribution in [-0.4, -0.2) is 28.9 Å². The first-order valence-corrected chi connectivity index (χ1v) is 17.1. The molecule has 0 heterocycles. The van der Waals surface area contributed by atoms with E-state index in [1.807, 2.05) is 11.0 Å². The van der Waals surface area contributed by atoms with Gasteiger partial charge in [-0.1, -0.05) is 24.4 Å². The molecule has 0 aliphatic rings. The molecule has 0 bridgehead atoms. The summed E-state index contributed by atoms with van der Waals surface area (Å²) in [4.78, 5) is 0. The summed E-state index contributed by atoms with van der Waals surface area (Å²) < 4.78 is 2.11. The minimum atomic E-state index is -2.62. The van der Waals surface area contributed by atoms with Crippen LogP contribution in [-0.2, 0) is 14.8 Å². The zero-order chi connectivity index (χ0) is 15.6. The van der Waals surface area contributed by atoms with E-state index in [9.17, 15) is 0 Å². The Balaban J connectivity index is 0. The Kier molecular flexibility index (Phi) is 13.5. The average molecular weight is 428 g/mol. The van der Waals surface area contributed by atoms with Gasteiger partial charge in [-0.15, -0.1) is 25.3 Å². The third-order valence-electron chi connectivity index (χ3n) is 2.42. The molecular weight excluding hydrogens is 410 g/mol. The molecule has 0 fully saturated rings. The first-order valence-electron chi connectivity index (χ1n) is 5.67. The summed E-state index contributed by atoms with van der Waals surface area (Å²) in [5.74, 6) is 0. The molecule has 0 rings (SSSR count). The predicted octanol–water partition coefficient (Wildman–Crippen LogP) is 1.32. The van der Waals surface area contributed by atoms with E-state index < -0.39 is 14.8 Å². The van der Waals surface area contributed by atoms with Crippen LogP contribution in [0.5, 0.6) is 0 Å². The SMILES string of the molecule is S=C(S)NCCNC(=S)S.[CH3][Zn]([CH3])([C](N)=S)[C](N)=S. The van der Waals surface area contributed by atoms with Gasteiger partial charge in [-0.05, 0) is 0 Å². The van der Waals surface area contributed by atoms with Gasteiger partial charge in [0.15, 0.2) is 0 Å². The summed E-state index contributed by atoms with van der Waals surface area (Å²) in [6.07, 6.45) is 0. The molecule has 0 saturated heterocycles. The number of nitrogens with two attached hydrogens (primary N) is 2. The molecular formula is C8H18N4S6Zn. The van der Waals surface area contributed by atoms with Crippen LogP contribution >= 0.6 is 74.1 Å². The molecule has 0 saturated carbocycles. The van der Waals surface area contributed by atoms with E-state index in [1.54, 1.807) is 0 Å². The molecule has 0 radical (unpaired) electrons. The van der Waals surface area contributed by atoms with Crippen molar-refractivity contribution in [2.45, 2.75) is 11.0 Å². The van der Waals surface area contributed by atoms with Crippen LogP contribution in [0, 0.1) is 0 Å². The van der Waals surface area contributed by atoms with Crippen molar-refractivity contribution in [2.75, 3.05) is 13.1 Å². The Labute approximate surface area is 149 Å². The van der Waals surface area contributed by atoms with E-state index in [2.05, 4.69) is 60.3 Å². The zero-order valence-electron chi connectivity index (χ0n) is 10.8. The molecule has 0 aliphatic carbocycles. The average Bonchev–Trinajstić information content (AvgIpc) is 2.24. The van der Waals surface area contributed by atoms with Crippen LogP contribution in [0.25, 0.3) is 0 Å². The third kappa shape index (κ3) is 13.6. The molecule has 0 spiro atoms. The molecule has 19 heavy (non-hydrogen) atoms. The van der Waals surface area contributed by atoms with Gasteiger partial charge in [0, 0.05) is 13.1 Å². The van der Waals surface area contributed by atoms with Crippen LogP contribution in [0.2, 0.25) is 11.0 Å². The molecule has 0 amide bonds. The van der Waals surface area contributed by atoms with E-state index in [4.69, 9.17) is 35.9 Å². The number of thiol groups is 2. The summed E-state index contributed by atoms with van der Waals surface area (Å²) in [5.41, 5.74) is 14.9. The van der Waals surface area contributed by atoms with Gasteiger partial charge in [-0.3, -0.25) is 0 Å². The number of rotatable bonds is 5. The van der Waals surface area contributed by atoms with Crippen molar-refractivity contribution < 1.29 is 14.8 Å². The van der Waals surface area contributed by atoms with Crippen molar-refractivity contribution in [3.05, 3.63) is 0 Å². The Morgan fingerprint density at radius 3 is 1.26 bits per heavy atom. The minimum absolute atomic E-state index is 0.492. The van der Waals surface area contributed by atoms with Gasteiger partial charge in [-0.25, -0.2) is 0 Å². The fourth-order valence-corrected chi connectivity index (χ4v) is 3.75. The van der Waals surface area contributed by atoms with Gasteiger partial charge < -0.3 is 10.6 Å². The van der Waals surface area contributed by atoms with Gasteiger partial charge >= 0.3 is 68.9 Å². The molecule has 0 aliphatic heterocycles. The summed E-state index contributed by atoms with van der Waals surface area (Å²) in [5, 5.41) is 5.68. The second kappa shape index (κ2) is 11.5. The molecule has 0 unspecified atom stereocenters. The van der Waals surface area contributed by atoms with Gasteiger partial charge in [0.1, 0.15) is 8.64 Å². The Bertz CT molecular complexity index is 327. The third-order valence-corrected chi connectivity index (χ3v) is 17.8. The molecule has 0 aromatic heterocycles. The summed E-state index contributed by atoms with van der Waals surface area (Å²) >= 11 is 24.0. The van der Waals surface area contributed by atoms with Crippen molar-refractivity contribution in [2.24, 2.45) is 11.5 Å². The number of thiocarbonyl (C=S) groups is 4. The van der Waals surface area contributed by atoms with Crippen LogP contribution < -0.4 is 22.1 Å². The summed E-state index contributed by atoms with van der Waals surface area (Å²) in [6, 6.07) is 0. The zero-order valence-corrected chi connectivity index (χ0v) is 18.8. The fraction of sp³-hybridized carbons (Fsp3) is 0.500. The molecule has 4 nitrogen and oxygen atoms in total. The fourth-order valence-electron chi connectivity index (χ4n) is 0.511. The van der Waals surface area contributed by atoms with Crippen molar-refractivity contribution in [3.63, 3.8) is 0 Å². The first kappa shape index (κ1) is 22.2. The topological polar surface area (TPSA) is 76.1 Å². The standard InChI is InChI=1S/C4H8N2S4.2CH2NS.2CH3.Zn/c7-3(8)5-1-2-6-4(9)10;2*2-1-3;;;/h1-2H2,(H2,5,7,8)(H2,6,9,10);2*(H2,2,3);2*1H3;. The number of hydrogen-bond donors (Lipinski definition) is 6.